The summed E-state index contributed by atoms with van der Waals surface area (Å²) in [6.07, 6.45) is 12.6. The second-order valence-corrected chi connectivity index (χ2v) is 29.7. The highest BCUT2D eigenvalue weighted by atomic mass is 79.9. The molecule has 0 radical (unpaired) electrons. The Bertz CT molecular complexity index is 3690. The van der Waals surface area contributed by atoms with E-state index in [9.17, 15) is 26.4 Å². The molecule has 89 heavy (non-hydrogen) atoms. The van der Waals surface area contributed by atoms with Gasteiger partial charge in [-0.05, 0) is 201 Å². The Balaban J connectivity index is 0.000000174. The van der Waals surface area contributed by atoms with Crippen LogP contribution in [-0.4, -0.2) is 124 Å². The largest absolute Gasteiger partial charge is 0.474 e. The van der Waals surface area contributed by atoms with Crippen molar-refractivity contribution in [1.29, 1.82) is 0 Å². The first-order valence-corrected chi connectivity index (χ1v) is 34.3. The molecule has 8 bridgehead atoms. The molecule has 2 saturated heterocycles. The van der Waals surface area contributed by atoms with Crippen molar-refractivity contribution >= 4 is 71.1 Å². The predicted molar refractivity (Wildman–Crippen MR) is 342 cm³/mol. The lowest BCUT2D eigenvalue weighted by molar-refractivity contribution is -0.0932. The van der Waals surface area contributed by atoms with E-state index in [0.29, 0.717) is 70.9 Å². The highest BCUT2D eigenvalue weighted by Gasteiger charge is 2.44. The molecule has 6 aromatic heterocycles. The summed E-state index contributed by atoms with van der Waals surface area (Å²) in [7, 11) is -8.52. The van der Waals surface area contributed by atoms with E-state index in [0.717, 1.165) is 75.6 Å². The third-order valence-electron chi connectivity index (χ3n) is 16.9. The maximum absolute atomic E-state index is 13.7. The van der Waals surface area contributed by atoms with Crippen LogP contribution in [-0.2, 0) is 29.5 Å². The zero-order valence-electron chi connectivity index (χ0n) is 51.5. The van der Waals surface area contributed by atoms with Crippen LogP contribution in [0.4, 0.5) is 23.3 Å². The number of sulfonamides is 2. The SMILES string of the molecule is CC(C)OC1CC(O)C1.CC(C)OC1CC(Oc2ccc3c(n2)N2C[C@@H](CC[C@H](c4ccccn4)Nc4cccc(n4)S(=O)(=O)NC3=O)CC2(C)C)C1.CC1(C)C[C@@H]2CC[C@H](c3ccccn3)Nc3cccc(n3)S(=O)(=O)NC(=O)c3ccc(Br)nc3N1C2. The number of aliphatic hydroxyl groups is 1. The maximum Gasteiger partial charge on any atom is 0.281 e. The summed E-state index contributed by atoms with van der Waals surface area (Å²) in [5.74, 6) is 1.19. The molecule has 10 heterocycles. The van der Waals surface area contributed by atoms with Gasteiger partial charge < -0.3 is 39.8 Å². The Kier molecular flexibility index (Phi) is 19.9. The van der Waals surface area contributed by atoms with Crippen LogP contribution in [0.1, 0.15) is 164 Å². The number of nitrogens with zero attached hydrogens (tertiary/aromatic N) is 8. The highest BCUT2D eigenvalue weighted by Crippen LogP contribution is 2.43. The Morgan fingerprint density at radius 2 is 1.02 bits per heavy atom. The number of halogens is 1. The molecular weight excluding hydrogens is 1240 g/mol. The minimum atomic E-state index is -4.29. The maximum atomic E-state index is 13.7. The Labute approximate surface area is 530 Å². The number of amides is 2. The lowest BCUT2D eigenvalue weighted by Gasteiger charge is -2.37. The molecular formula is C64H81BrN12O10S2. The second kappa shape index (κ2) is 27.3. The molecule has 4 fully saturated rings. The number of carbonyl (C=O) groups is 2. The van der Waals surface area contributed by atoms with Crippen LogP contribution in [0.25, 0.3) is 0 Å². The van der Waals surface area contributed by atoms with E-state index >= 15 is 0 Å². The van der Waals surface area contributed by atoms with E-state index in [1.165, 1.54) is 12.1 Å². The van der Waals surface area contributed by atoms with Gasteiger partial charge in [-0.2, -0.15) is 21.8 Å². The van der Waals surface area contributed by atoms with Gasteiger partial charge in [0.1, 0.15) is 34.0 Å². The van der Waals surface area contributed by atoms with Crippen LogP contribution in [0.15, 0.2) is 124 Å². The van der Waals surface area contributed by atoms with Crippen LogP contribution in [0, 0.1) is 11.8 Å². The Hall–Kier alpha value is -6.90. The van der Waals surface area contributed by atoms with E-state index < -0.39 is 31.9 Å². The number of hydrogen-bond donors (Lipinski definition) is 5. The van der Waals surface area contributed by atoms with Gasteiger partial charge in [0.05, 0.1) is 65.1 Å². The number of carbonyl (C=O) groups excluding carboxylic acids is 2. The molecule has 2 aliphatic carbocycles. The van der Waals surface area contributed by atoms with Crippen LogP contribution < -0.4 is 34.6 Å². The van der Waals surface area contributed by atoms with Gasteiger partial charge in [-0.1, -0.05) is 24.3 Å². The first kappa shape index (κ1) is 65.1. The van der Waals surface area contributed by atoms with Crippen molar-refractivity contribution in [3.05, 3.63) is 137 Å². The molecule has 6 aromatic rings. The number of fused-ring (bicyclic) bond motifs is 12. The van der Waals surface area contributed by atoms with Gasteiger partial charge in [0.15, 0.2) is 10.1 Å². The summed E-state index contributed by atoms with van der Waals surface area (Å²) < 4.78 is 75.6. The molecule has 4 atom stereocenters. The van der Waals surface area contributed by atoms with E-state index in [1.54, 1.807) is 60.9 Å². The normalized spacial score (nSPS) is 25.6. The van der Waals surface area contributed by atoms with E-state index in [2.05, 4.69) is 98.4 Å². The lowest BCUT2D eigenvalue weighted by atomic mass is 9.91. The summed E-state index contributed by atoms with van der Waals surface area (Å²) >= 11 is 3.41. The molecule has 22 nitrogen and oxygen atoms in total. The summed E-state index contributed by atoms with van der Waals surface area (Å²) in [4.78, 5) is 58.4. The Morgan fingerprint density at radius 1 is 0.562 bits per heavy atom. The first-order valence-electron chi connectivity index (χ1n) is 30.6. The number of rotatable bonds is 8. The summed E-state index contributed by atoms with van der Waals surface area (Å²) in [5.41, 5.74) is 1.46. The fraction of sp³-hybridized carbons (Fsp3) is 0.500. The average molecular weight is 1320 g/mol. The molecule has 0 aromatic carbocycles. The van der Waals surface area contributed by atoms with Crippen LogP contribution in [0.2, 0.25) is 0 Å². The zero-order valence-corrected chi connectivity index (χ0v) is 54.8. The summed E-state index contributed by atoms with van der Waals surface area (Å²) in [6.45, 7) is 17.9. The van der Waals surface area contributed by atoms with Crippen molar-refractivity contribution in [1.82, 2.24) is 39.3 Å². The minimum Gasteiger partial charge on any atom is -0.474 e. The third-order valence-corrected chi connectivity index (χ3v) is 19.8. The number of hydrogen-bond acceptors (Lipinski definition) is 20. The fourth-order valence-electron chi connectivity index (χ4n) is 12.6. The highest BCUT2D eigenvalue weighted by molar-refractivity contribution is 9.10. The van der Waals surface area contributed by atoms with E-state index in [1.807, 2.05) is 64.1 Å². The lowest BCUT2D eigenvalue weighted by Crippen LogP contribution is -2.42. The van der Waals surface area contributed by atoms with E-state index in [4.69, 9.17) is 24.3 Å². The van der Waals surface area contributed by atoms with Crippen LogP contribution in [0.5, 0.6) is 5.88 Å². The van der Waals surface area contributed by atoms with Crippen molar-refractivity contribution in [3.8, 4) is 5.88 Å². The summed E-state index contributed by atoms with van der Waals surface area (Å²) in [5, 5.41) is 15.1. The molecule has 0 spiro atoms. The smallest absolute Gasteiger partial charge is 0.281 e. The quantitative estimate of drug-likeness (QED) is 0.0886. The van der Waals surface area contributed by atoms with Gasteiger partial charge in [-0.3, -0.25) is 19.6 Å². The van der Waals surface area contributed by atoms with Crippen molar-refractivity contribution in [2.75, 3.05) is 33.5 Å². The van der Waals surface area contributed by atoms with Gasteiger partial charge in [0.2, 0.25) is 5.88 Å². The predicted octanol–water partition coefficient (Wildman–Crippen LogP) is 10.1. The van der Waals surface area contributed by atoms with Crippen molar-refractivity contribution in [3.63, 3.8) is 0 Å². The molecule has 12 rings (SSSR count). The molecule has 6 aliphatic rings. The molecule has 0 unspecified atom stereocenters. The molecule has 25 heteroatoms. The molecule has 4 aliphatic heterocycles. The van der Waals surface area contributed by atoms with Gasteiger partial charge >= 0.3 is 0 Å². The fourth-order valence-corrected chi connectivity index (χ4v) is 14.7. The van der Waals surface area contributed by atoms with Crippen LogP contribution in [0.3, 0.4) is 0 Å². The monoisotopic (exact) mass is 1320 g/mol. The molecule has 5 N–H and O–H groups in total. The number of anilines is 4. The summed E-state index contributed by atoms with van der Waals surface area (Å²) in [6, 6.07) is 27.0. The van der Waals surface area contributed by atoms with Gasteiger partial charge in [-0.25, -0.2) is 24.4 Å². The van der Waals surface area contributed by atoms with Crippen LogP contribution >= 0.6 is 15.9 Å². The van der Waals surface area contributed by atoms with E-state index in [-0.39, 0.29) is 68.8 Å². The number of aliphatic hydroxyl groups excluding tert-OH is 1. The van der Waals surface area contributed by atoms with Gasteiger partial charge in [0, 0.05) is 55.5 Å². The second-order valence-electron chi connectivity index (χ2n) is 25.6. The first-order chi connectivity index (χ1) is 42.3. The number of nitrogens with one attached hydrogen (secondary N) is 4. The minimum absolute atomic E-state index is 0.0329. The van der Waals surface area contributed by atoms with Gasteiger partial charge in [-0.15, -0.1) is 0 Å². The Morgan fingerprint density at radius 3 is 1.47 bits per heavy atom. The zero-order chi connectivity index (χ0) is 63.4. The number of ether oxygens (including phenoxy) is 3. The molecule has 2 amide bonds. The topological polar surface area (TPSA) is 282 Å². The van der Waals surface area contributed by atoms with Crippen molar-refractivity contribution < 1.29 is 45.7 Å². The third kappa shape index (κ3) is 16.2. The standard InChI is InChI=1S/C32H40N6O5S.C25H27BrN6O3S.C7H14O2/c1-20(2)42-22-16-23(17-22)43-28-14-12-24-30(36-28)38-19-21(18-32(38,3)4)11-13-26(25-8-5-6-15-33-25)34-27-9-7-10-29(35-27)44(40,41)37-31(24)39;1-25(2)14-16-9-11-19(18-6-3-4-13-27-18)28-21-7-5-8-22(30-21)36(34,35)31-24(33)17-10-12-20(26)29-23(17)32(25)15-16;1-5(2)9-7-3-6(8)4-7/h5-10,12,14-15,20-23,26H,11,13,16-19H2,1-4H3,(H,34,35)(H,37,39);3-8,10,12-13,16,19H,9,11,14-15H2,1-2H3,(H,28,30)(H,31,33);5-8H,3-4H2,1-2H3/t21-,22?,23?,26+;16-,19+;/m00./s1. The number of pyridine rings is 6. The number of aromatic nitrogens is 6. The van der Waals surface area contributed by atoms with Gasteiger partial charge in [0.25, 0.3) is 31.9 Å². The van der Waals surface area contributed by atoms with Crippen molar-refractivity contribution in [2.45, 2.75) is 189 Å². The molecule has 476 valence electrons. The van der Waals surface area contributed by atoms with Crippen molar-refractivity contribution in [2.24, 2.45) is 11.8 Å². The average Bonchev–Trinajstić information content (AvgIpc) is 1.84. The molecule has 2 saturated carbocycles.